The molecule has 1 aromatic heterocycles. The van der Waals surface area contributed by atoms with E-state index in [1.807, 2.05) is 13.0 Å². The van der Waals surface area contributed by atoms with Crippen LogP contribution >= 0.6 is 11.5 Å². The fourth-order valence-electron chi connectivity index (χ4n) is 2.01. The van der Waals surface area contributed by atoms with Gasteiger partial charge in [0.15, 0.2) is 0 Å². The average Bonchev–Trinajstić information content (AvgIpc) is 2.75. The van der Waals surface area contributed by atoms with Crippen LogP contribution in [0.15, 0.2) is 52.2 Å². The Morgan fingerprint density at radius 3 is 2.50 bits per heavy atom. The first-order valence-electron chi connectivity index (χ1n) is 6.38. The second-order valence-corrected chi connectivity index (χ2v) is 7.50. The minimum atomic E-state index is -3.84. The van der Waals surface area contributed by atoms with E-state index in [0.717, 1.165) is 25.9 Å². The number of fused-ring (bicyclic) bond motifs is 1. The van der Waals surface area contributed by atoms with Gasteiger partial charge >= 0.3 is 0 Å². The van der Waals surface area contributed by atoms with Crippen molar-refractivity contribution in [3.05, 3.63) is 58.4 Å². The third-order valence-electron chi connectivity index (χ3n) is 3.13. The fraction of sp³-hybridized carbons (Fsp3) is 0.0714. The molecule has 6 nitrogen and oxygen atoms in total. The first-order valence-corrected chi connectivity index (χ1v) is 8.63. The van der Waals surface area contributed by atoms with Crippen molar-refractivity contribution in [3.8, 4) is 0 Å². The maximum Gasteiger partial charge on any atom is 0.288 e. The number of anilines is 1. The van der Waals surface area contributed by atoms with Crippen molar-refractivity contribution >= 4 is 37.3 Å². The first-order chi connectivity index (χ1) is 10.4. The van der Waals surface area contributed by atoms with E-state index in [1.165, 1.54) is 24.3 Å². The number of nitrogens with zero attached hydrogens (tertiary/aromatic N) is 1. The van der Waals surface area contributed by atoms with E-state index in [-0.39, 0.29) is 10.5 Å². The molecule has 0 spiro atoms. The molecule has 114 valence electrons. The Morgan fingerprint density at radius 2 is 1.82 bits per heavy atom. The highest BCUT2D eigenvalue weighted by atomic mass is 32.2. The highest BCUT2D eigenvalue weighted by Crippen LogP contribution is 2.18. The zero-order chi connectivity index (χ0) is 15.9. The Morgan fingerprint density at radius 1 is 1.14 bits per heavy atom. The summed E-state index contributed by atoms with van der Waals surface area (Å²) >= 11 is 1.05. The summed E-state index contributed by atoms with van der Waals surface area (Å²) in [5, 5.41) is 0.491. The van der Waals surface area contributed by atoms with Crippen molar-refractivity contribution in [2.45, 2.75) is 11.8 Å². The zero-order valence-electron chi connectivity index (χ0n) is 11.6. The van der Waals surface area contributed by atoms with Crippen molar-refractivity contribution in [2.75, 3.05) is 10.6 Å². The van der Waals surface area contributed by atoms with Crippen molar-refractivity contribution in [2.24, 2.45) is 0 Å². The summed E-state index contributed by atoms with van der Waals surface area (Å²) in [7, 11) is -3.84. The molecule has 2 aromatic carbocycles. The van der Waals surface area contributed by atoms with Gasteiger partial charge in [-0.25, -0.2) is 4.83 Å². The minimum Gasteiger partial charge on any atom is -0.399 e. The van der Waals surface area contributed by atoms with Crippen LogP contribution in [0.1, 0.15) is 5.56 Å². The summed E-state index contributed by atoms with van der Waals surface area (Å²) in [4.78, 5) is 14.6. The second-order valence-electron chi connectivity index (χ2n) is 4.85. The topological polar surface area (TPSA) is 94.2 Å². The van der Waals surface area contributed by atoms with Gasteiger partial charge in [0, 0.05) is 5.69 Å². The fourth-order valence-corrected chi connectivity index (χ4v) is 4.10. The molecule has 1 heterocycles. The number of rotatable bonds is 3. The monoisotopic (exact) mass is 335 g/mol. The number of hydrogen-bond donors (Lipinski definition) is 2. The molecule has 8 heteroatoms. The third-order valence-corrected chi connectivity index (χ3v) is 5.56. The van der Waals surface area contributed by atoms with E-state index in [2.05, 4.69) is 4.83 Å². The van der Waals surface area contributed by atoms with Crippen molar-refractivity contribution in [1.29, 1.82) is 0 Å². The predicted octanol–water partition coefficient (Wildman–Crippen LogP) is 1.89. The Bertz CT molecular complexity index is 1000. The SMILES string of the molecule is Cc1ccc2sn(NS(=O)(=O)c3ccc(N)cc3)c(=O)c2c1. The lowest BCUT2D eigenvalue weighted by molar-refractivity contribution is 0.596. The van der Waals surface area contributed by atoms with Crippen LogP contribution in [0.5, 0.6) is 0 Å². The minimum absolute atomic E-state index is 0.0437. The van der Waals surface area contributed by atoms with Gasteiger partial charge in [0.05, 0.1) is 15.0 Å². The Balaban J connectivity index is 2.04. The van der Waals surface area contributed by atoms with Gasteiger partial charge in [0.1, 0.15) is 0 Å². The number of aromatic nitrogens is 1. The summed E-state index contributed by atoms with van der Waals surface area (Å²) in [6, 6.07) is 11.2. The van der Waals surface area contributed by atoms with Gasteiger partial charge in [-0.15, -0.1) is 0 Å². The molecule has 0 bridgehead atoms. The molecule has 0 radical (unpaired) electrons. The number of nitrogen functional groups attached to an aromatic ring is 1. The first kappa shape index (κ1) is 14.6. The van der Waals surface area contributed by atoms with Gasteiger partial charge in [-0.1, -0.05) is 11.6 Å². The molecule has 3 aromatic rings. The van der Waals surface area contributed by atoms with Gasteiger partial charge < -0.3 is 5.73 Å². The lowest BCUT2D eigenvalue weighted by atomic mass is 10.2. The zero-order valence-corrected chi connectivity index (χ0v) is 13.2. The van der Waals surface area contributed by atoms with E-state index >= 15 is 0 Å². The van der Waals surface area contributed by atoms with Crippen LogP contribution in [0, 0.1) is 6.92 Å². The summed E-state index contributed by atoms with van der Waals surface area (Å²) in [6.45, 7) is 1.87. The average molecular weight is 335 g/mol. The number of benzene rings is 2. The van der Waals surface area contributed by atoms with Gasteiger partial charge in [-0.3, -0.25) is 4.79 Å². The molecular weight excluding hydrogens is 322 g/mol. The van der Waals surface area contributed by atoms with E-state index < -0.39 is 10.0 Å². The molecule has 0 fully saturated rings. The maximum absolute atomic E-state index is 12.3. The van der Waals surface area contributed by atoms with Crippen LogP contribution in [-0.2, 0) is 10.0 Å². The Labute approximate surface area is 131 Å². The lowest BCUT2D eigenvalue weighted by Gasteiger charge is -2.07. The van der Waals surface area contributed by atoms with Crippen molar-refractivity contribution in [1.82, 2.24) is 4.07 Å². The second kappa shape index (κ2) is 5.15. The Kier molecular flexibility index (Phi) is 3.42. The van der Waals surface area contributed by atoms with Gasteiger partial charge in [0.2, 0.25) is 0 Å². The molecule has 0 saturated heterocycles. The molecular formula is C14H13N3O3S2. The molecule has 0 aliphatic carbocycles. The highest BCUT2D eigenvalue weighted by molar-refractivity contribution is 7.92. The van der Waals surface area contributed by atoms with Gasteiger partial charge in [0.25, 0.3) is 15.6 Å². The van der Waals surface area contributed by atoms with E-state index in [4.69, 9.17) is 5.73 Å². The molecule has 0 saturated carbocycles. The molecule has 3 rings (SSSR count). The Hall–Kier alpha value is -2.32. The van der Waals surface area contributed by atoms with Gasteiger partial charge in [-0.2, -0.15) is 12.5 Å². The number of nitrogens with two attached hydrogens (primary N) is 1. The molecule has 0 aliphatic heterocycles. The molecule has 0 aliphatic rings. The van der Waals surface area contributed by atoms with Crippen LogP contribution in [0.4, 0.5) is 5.69 Å². The van der Waals surface area contributed by atoms with Crippen molar-refractivity contribution < 1.29 is 8.42 Å². The highest BCUT2D eigenvalue weighted by Gasteiger charge is 2.17. The number of hydrogen-bond acceptors (Lipinski definition) is 5. The van der Waals surface area contributed by atoms with Crippen LogP contribution in [0.2, 0.25) is 0 Å². The van der Waals surface area contributed by atoms with E-state index in [1.54, 1.807) is 12.1 Å². The molecule has 0 amide bonds. The molecule has 0 unspecified atom stereocenters. The standard InChI is InChI=1S/C14H13N3O3S2/c1-9-2-7-13-12(8-9)14(18)17(21-13)16-22(19,20)11-5-3-10(15)4-6-11/h2-8,16H,15H2,1H3. The maximum atomic E-state index is 12.3. The van der Waals surface area contributed by atoms with Crippen LogP contribution in [-0.4, -0.2) is 12.5 Å². The lowest BCUT2D eigenvalue weighted by Crippen LogP contribution is -2.29. The molecule has 3 N–H and O–H groups in total. The summed E-state index contributed by atoms with van der Waals surface area (Å²) in [5.41, 5.74) is 6.56. The predicted molar refractivity (Wildman–Crippen MR) is 88.2 cm³/mol. The number of aryl methyl sites for hydroxylation is 1. The van der Waals surface area contributed by atoms with E-state index in [0.29, 0.717) is 11.1 Å². The van der Waals surface area contributed by atoms with Gasteiger partial charge in [-0.05, 0) is 54.9 Å². The summed E-state index contributed by atoms with van der Waals surface area (Å²) in [5.74, 6) is 0. The van der Waals surface area contributed by atoms with Crippen LogP contribution < -0.4 is 16.1 Å². The number of sulfonamides is 1. The normalized spacial score (nSPS) is 11.7. The van der Waals surface area contributed by atoms with Crippen molar-refractivity contribution in [3.63, 3.8) is 0 Å². The largest absolute Gasteiger partial charge is 0.399 e. The summed E-state index contributed by atoms with van der Waals surface area (Å²) in [6.07, 6.45) is 0. The van der Waals surface area contributed by atoms with E-state index in [9.17, 15) is 13.2 Å². The smallest absolute Gasteiger partial charge is 0.288 e. The molecule has 22 heavy (non-hydrogen) atoms. The quantitative estimate of drug-likeness (QED) is 0.715. The van der Waals surface area contributed by atoms with Crippen LogP contribution in [0.3, 0.4) is 0 Å². The number of nitrogens with one attached hydrogen (secondary N) is 1. The van der Waals surface area contributed by atoms with Crippen LogP contribution in [0.25, 0.3) is 10.1 Å². The third kappa shape index (κ3) is 2.58. The molecule has 0 atom stereocenters. The summed E-state index contributed by atoms with van der Waals surface area (Å²) < 4.78 is 26.3.